The minimum atomic E-state index is -4.41. The Balaban J connectivity index is 2.22. The number of hydrogen-bond donors (Lipinski definition) is 1. The molecule has 0 unspecified atom stereocenters. The van der Waals surface area contributed by atoms with Gasteiger partial charge in [0.25, 0.3) is 0 Å². The Morgan fingerprint density at radius 3 is 2.48 bits per heavy atom. The second kappa shape index (κ2) is 6.44. The smallest absolute Gasteiger partial charge is 0.330 e. The maximum Gasteiger partial charge on any atom is 0.417 e. The lowest BCUT2D eigenvalue weighted by molar-refractivity contribution is -0.137. The van der Waals surface area contributed by atoms with Crippen LogP contribution in [-0.2, 0) is 12.6 Å². The number of nitrogens with two attached hydrogens (primary N) is 1. The summed E-state index contributed by atoms with van der Waals surface area (Å²) in [6.07, 6.45) is -3.13. The quantitative estimate of drug-likeness (QED) is 0.870. The number of benzene rings is 1. The van der Waals surface area contributed by atoms with Crippen LogP contribution in [0.3, 0.4) is 0 Å². The van der Waals surface area contributed by atoms with E-state index in [0.717, 1.165) is 17.2 Å². The first kappa shape index (κ1) is 15.8. The Morgan fingerprint density at radius 2 is 1.90 bits per heavy atom. The van der Waals surface area contributed by atoms with Crippen LogP contribution in [0.1, 0.15) is 11.1 Å². The van der Waals surface area contributed by atoms with E-state index in [0.29, 0.717) is 23.6 Å². The maximum absolute atomic E-state index is 13.2. The van der Waals surface area contributed by atoms with Gasteiger partial charge >= 0.3 is 6.18 Å². The van der Waals surface area contributed by atoms with Gasteiger partial charge in [0, 0.05) is 11.1 Å². The fourth-order valence-electron chi connectivity index (χ4n) is 1.72. The molecule has 0 atom stereocenters. The molecular weight excluding hydrogens is 304 g/mol. The molecule has 1 aromatic carbocycles. The summed E-state index contributed by atoms with van der Waals surface area (Å²) in [5, 5.41) is 0.410. The molecule has 0 fully saturated rings. The number of hydrogen-bond acceptors (Lipinski definition) is 3. The van der Waals surface area contributed by atoms with Gasteiger partial charge in [0.15, 0.2) is 0 Å². The van der Waals surface area contributed by atoms with E-state index in [1.807, 2.05) is 0 Å². The van der Waals surface area contributed by atoms with Crippen molar-refractivity contribution in [2.75, 3.05) is 6.54 Å². The lowest BCUT2D eigenvalue weighted by Gasteiger charge is -2.09. The van der Waals surface area contributed by atoms with E-state index in [2.05, 4.69) is 4.98 Å². The summed E-state index contributed by atoms with van der Waals surface area (Å²) in [4.78, 5) is 4.51. The first-order valence-electron chi connectivity index (χ1n) is 6.10. The number of pyridine rings is 1. The molecule has 7 heteroatoms. The highest BCUT2D eigenvalue weighted by molar-refractivity contribution is 7.99. The standard InChI is InChI=1S/C14H12F4N2S/c15-11-2-3-12(9(7-11)5-6-19)21-13-4-1-10(8-20-13)14(16,17)18/h1-4,7-8H,5-6,19H2. The van der Waals surface area contributed by atoms with Gasteiger partial charge < -0.3 is 5.73 Å². The zero-order valence-electron chi connectivity index (χ0n) is 10.8. The van der Waals surface area contributed by atoms with Gasteiger partial charge in [-0.25, -0.2) is 9.37 Å². The van der Waals surface area contributed by atoms with Crippen LogP contribution in [0.2, 0.25) is 0 Å². The van der Waals surface area contributed by atoms with Crippen molar-refractivity contribution in [3.8, 4) is 0 Å². The number of nitrogens with zero attached hydrogens (tertiary/aromatic N) is 1. The molecule has 0 saturated carbocycles. The molecule has 0 spiro atoms. The van der Waals surface area contributed by atoms with E-state index in [1.54, 1.807) is 6.07 Å². The molecule has 21 heavy (non-hydrogen) atoms. The lowest BCUT2D eigenvalue weighted by Crippen LogP contribution is -2.05. The van der Waals surface area contributed by atoms with Crippen molar-refractivity contribution in [2.45, 2.75) is 22.5 Å². The fraction of sp³-hybridized carbons (Fsp3) is 0.214. The second-order valence-electron chi connectivity index (χ2n) is 4.28. The van der Waals surface area contributed by atoms with Crippen LogP contribution in [0.25, 0.3) is 0 Å². The first-order valence-corrected chi connectivity index (χ1v) is 6.91. The highest BCUT2D eigenvalue weighted by Gasteiger charge is 2.30. The topological polar surface area (TPSA) is 38.9 Å². The van der Waals surface area contributed by atoms with Gasteiger partial charge in [0.05, 0.1) is 5.56 Å². The Morgan fingerprint density at radius 1 is 1.14 bits per heavy atom. The molecule has 2 nitrogen and oxygen atoms in total. The van der Waals surface area contributed by atoms with Crippen molar-refractivity contribution < 1.29 is 17.6 Å². The van der Waals surface area contributed by atoms with Gasteiger partial charge in [-0.3, -0.25) is 0 Å². The van der Waals surface area contributed by atoms with Gasteiger partial charge in [-0.15, -0.1) is 0 Å². The molecule has 0 bridgehead atoms. The molecule has 0 amide bonds. The summed E-state index contributed by atoms with van der Waals surface area (Å²) in [5.41, 5.74) is 5.38. The van der Waals surface area contributed by atoms with Crippen LogP contribution in [0, 0.1) is 5.82 Å². The fourth-order valence-corrected chi connectivity index (χ4v) is 2.61. The average Bonchev–Trinajstić information content (AvgIpc) is 2.42. The molecule has 0 radical (unpaired) electrons. The predicted molar refractivity (Wildman–Crippen MR) is 72.5 cm³/mol. The number of halogens is 4. The highest BCUT2D eigenvalue weighted by Crippen LogP contribution is 2.33. The Kier molecular flexibility index (Phi) is 4.84. The molecule has 0 aliphatic heterocycles. The Bertz CT molecular complexity index is 611. The van der Waals surface area contributed by atoms with Crippen molar-refractivity contribution in [1.29, 1.82) is 0 Å². The molecule has 1 heterocycles. The van der Waals surface area contributed by atoms with Gasteiger partial charge in [-0.2, -0.15) is 13.2 Å². The molecule has 2 rings (SSSR count). The summed E-state index contributed by atoms with van der Waals surface area (Å²) in [6.45, 7) is 0.359. The van der Waals surface area contributed by atoms with Gasteiger partial charge in [0.2, 0.25) is 0 Å². The summed E-state index contributed by atoms with van der Waals surface area (Å²) < 4.78 is 50.6. The van der Waals surface area contributed by atoms with E-state index in [4.69, 9.17) is 5.73 Å². The van der Waals surface area contributed by atoms with Crippen molar-refractivity contribution in [1.82, 2.24) is 4.98 Å². The van der Waals surface area contributed by atoms with E-state index in [9.17, 15) is 17.6 Å². The van der Waals surface area contributed by atoms with Crippen molar-refractivity contribution in [2.24, 2.45) is 5.73 Å². The molecule has 2 N–H and O–H groups in total. The van der Waals surface area contributed by atoms with Crippen LogP contribution in [0.4, 0.5) is 17.6 Å². The molecule has 0 aliphatic carbocycles. The van der Waals surface area contributed by atoms with Crippen LogP contribution >= 0.6 is 11.8 Å². The Labute approximate surface area is 123 Å². The van der Waals surface area contributed by atoms with Gasteiger partial charge in [-0.05, 0) is 48.9 Å². The number of rotatable bonds is 4. The third-order valence-corrected chi connectivity index (χ3v) is 3.78. The van der Waals surface area contributed by atoms with Crippen LogP contribution in [0.5, 0.6) is 0 Å². The van der Waals surface area contributed by atoms with E-state index in [-0.39, 0.29) is 5.82 Å². The van der Waals surface area contributed by atoms with E-state index < -0.39 is 11.7 Å². The maximum atomic E-state index is 13.2. The van der Waals surface area contributed by atoms with Gasteiger partial charge in [0.1, 0.15) is 10.8 Å². The monoisotopic (exact) mass is 316 g/mol. The third-order valence-electron chi connectivity index (χ3n) is 2.71. The van der Waals surface area contributed by atoms with E-state index >= 15 is 0 Å². The summed E-state index contributed by atoms with van der Waals surface area (Å²) >= 11 is 1.18. The van der Waals surface area contributed by atoms with Crippen molar-refractivity contribution >= 4 is 11.8 Å². The van der Waals surface area contributed by atoms with Crippen molar-refractivity contribution in [3.05, 3.63) is 53.5 Å². The van der Waals surface area contributed by atoms with Crippen molar-refractivity contribution in [3.63, 3.8) is 0 Å². The predicted octanol–water partition coefficient (Wildman–Crippen LogP) is 3.89. The van der Waals surface area contributed by atoms with Crippen LogP contribution in [0.15, 0.2) is 46.5 Å². The second-order valence-corrected chi connectivity index (χ2v) is 5.34. The third kappa shape index (κ3) is 4.18. The largest absolute Gasteiger partial charge is 0.417 e. The lowest BCUT2D eigenvalue weighted by atomic mass is 10.1. The van der Waals surface area contributed by atoms with Crippen LogP contribution in [-0.4, -0.2) is 11.5 Å². The molecule has 0 saturated heterocycles. The summed E-state index contributed by atoms with van der Waals surface area (Å²) in [7, 11) is 0. The van der Waals surface area contributed by atoms with Gasteiger partial charge in [-0.1, -0.05) is 11.8 Å². The summed E-state index contributed by atoms with van der Waals surface area (Å²) in [5.74, 6) is -0.372. The average molecular weight is 316 g/mol. The van der Waals surface area contributed by atoms with Crippen LogP contribution < -0.4 is 5.73 Å². The Hall–Kier alpha value is -1.60. The van der Waals surface area contributed by atoms with E-state index in [1.165, 1.54) is 30.0 Å². The molecule has 0 aliphatic rings. The number of alkyl halides is 3. The zero-order valence-corrected chi connectivity index (χ0v) is 11.6. The first-order chi connectivity index (χ1) is 9.90. The minimum absolute atomic E-state index is 0.359. The highest BCUT2D eigenvalue weighted by atomic mass is 32.2. The molecular formula is C14H12F4N2S. The normalized spacial score (nSPS) is 11.7. The molecule has 2 aromatic rings. The molecule has 112 valence electrons. The zero-order chi connectivity index (χ0) is 15.5. The number of aromatic nitrogens is 1. The summed E-state index contributed by atoms with van der Waals surface area (Å²) in [6, 6.07) is 6.51. The SMILES string of the molecule is NCCc1cc(F)ccc1Sc1ccc(C(F)(F)F)cn1. The molecule has 1 aromatic heterocycles. The minimum Gasteiger partial charge on any atom is -0.330 e.